The molecular weight excluding hydrogens is 412 g/mol. The number of para-hydroxylation sites is 1. The Morgan fingerprint density at radius 1 is 0.857 bits per heavy atom. The molecule has 140 valence electrons. The van der Waals surface area contributed by atoms with Crippen LogP contribution in [0.1, 0.15) is 0 Å². The summed E-state index contributed by atoms with van der Waals surface area (Å²) in [6.07, 6.45) is 1.18. The molecule has 3 nitrogen and oxygen atoms in total. The molecule has 28 heavy (non-hydrogen) atoms. The van der Waals surface area contributed by atoms with Gasteiger partial charge in [0.25, 0.3) is 0 Å². The average Bonchev–Trinajstić information content (AvgIpc) is 2.68. The molecule has 0 aliphatic heterocycles. The number of halogens is 1. The monoisotopic (exact) mass is 426 g/mol. The van der Waals surface area contributed by atoms with Gasteiger partial charge < -0.3 is 4.42 Å². The molecule has 0 spiro atoms. The molecule has 6 heteroatoms. The molecule has 0 radical (unpaired) electrons. The first kappa shape index (κ1) is 18.9. The lowest BCUT2D eigenvalue weighted by atomic mass is 9.99. The Morgan fingerprint density at radius 3 is 2.11 bits per heavy atom. The summed E-state index contributed by atoms with van der Waals surface area (Å²) in [7, 11) is -3.28. The molecule has 1 aromatic heterocycles. The molecule has 0 unspecified atom stereocenters. The average molecular weight is 427 g/mol. The summed E-state index contributed by atoms with van der Waals surface area (Å²) in [5, 5.41) is 1.48. The van der Waals surface area contributed by atoms with Crippen molar-refractivity contribution in [2.75, 3.05) is 6.26 Å². The highest BCUT2D eigenvalue weighted by molar-refractivity contribution is 7.90. The normalized spacial score (nSPS) is 11.6. The third-order valence-corrected chi connectivity index (χ3v) is 6.28. The molecule has 4 aromatic rings. The molecule has 4 rings (SSSR count). The topological polar surface area (TPSA) is 47.3 Å². The quantitative estimate of drug-likeness (QED) is 0.348. The summed E-state index contributed by atoms with van der Waals surface area (Å²) in [6.45, 7) is 0. The zero-order chi connectivity index (χ0) is 19.9. The van der Waals surface area contributed by atoms with Crippen LogP contribution in [0.2, 0.25) is 5.02 Å². The number of hydrogen-bond acceptors (Lipinski definition) is 4. The Bertz CT molecular complexity index is 1340. The van der Waals surface area contributed by atoms with Crippen molar-refractivity contribution in [1.82, 2.24) is 0 Å². The molecule has 0 amide bonds. The van der Waals surface area contributed by atoms with Gasteiger partial charge in [-0.15, -0.1) is 0 Å². The maximum Gasteiger partial charge on any atom is 0.175 e. The van der Waals surface area contributed by atoms with Crippen LogP contribution in [0, 0.1) is 4.51 Å². The maximum absolute atomic E-state index is 11.8. The number of sulfone groups is 1. The summed E-state index contributed by atoms with van der Waals surface area (Å²) in [6, 6.07) is 21.6. The van der Waals surface area contributed by atoms with Gasteiger partial charge in [-0.3, -0.25) is 0 Å². The Labute approximate surface area is 173 Å². The molecule has 0 aliphatic carbocycles. The van der Waals surface area contributed by atoms with Crippen LogP contribution < -0.4 is 0 Å². The van der Waals surface area contributed by atoms with Gasteiger partial charge in [-0.2, -0.15) is 0 Å². The number of benzene rings is 3. The smallest absolute Gasteiger partial charge is 0.175 e. The van der Waals surface area contributed by atoms with Crippen LogP contribution in [-0.2, 0) is 9.84 Å². The van der Waals surface area contributed by atoms with E-state index in [2.05, 4.69) is 0 Å². The Kier molecular flexibility index (Phi) is 4.83. The van der Waals surface area contributed by atoms with Crippen LogP contribution in [-0.4, -0.2) is 14.7 Å². The Balaban J connectivity index is 2.03. The van der Waals surface area contributed by atoms with E-state index in [-0.39, 0.29) is 4.90 Å². The van der Waals surface area contributed by atoms with Gasteiger partial charge in [0.1, 0.15) is 11.3 Å². The first-order valence-corrected chi connectivity index (χ1v) is 11.1. The van der Waals surface area contributed by atoms with Gasteiger partial charge in [0.15, 0.2) is 9.84 Å². The van der Waals surface area contributed by atoms with E-state index in [0.717, 1.165) is 22.1 Å². The van der Waals surface area contributed by atoms with Crippen LogP contribution >= 0.6 is 23.8 Å². The van der Waals surface area contributed by atoms with Crippen LogP contribution in [0.25, 0.3) is 33.4 Å². The van der Waals surface area contributed by atoms with E-state index in [0.29, 0.717) is 20.9 Å². The van der Waals surface area contributed by atoms with E-state index >= 15 is 0 Å². The van der Waals surface area contributed by atoms with Gasteiger partial charge in [0, 0.05) is 27.8 Å². The second-order valence-electron chi connectivity index (χ2n) is 6.43. The molecule has 0 atom stereocenters. The van der Waals surface area contributed by atoms with Gasteiger partial charge in [-0.05, 0) is 54.1 Å². The minimum Gasteiger partial charge on any atom is -0.455 e. The number of rotatable bonds is 3. The van der Waals surface area contributed by atoms with Crippen LogP contribution in [0.3, 0.4) is 0 Å². The van der Waals surface area contributed by atoms with E-state index in [1.54, 1.807) is 36.4 Å². The van der Waals surface area contributed by atoms with E-state index < -0.39 is 9.84 Å². The predicted molar refractivity (Wildman–Crippen MR) is 116 cm³/mol. The van der Waals surface area contributed by atoms with Gasteiger partial charge in [-0.25, -0.2) is 8.42 Å². The van der Waals surface area contributed by atoms with Crippen LogP contribution in [0.4, 0.5) is 0 Å². The molecule has 0 saturated heterocycles. The summed E-state index contributed by atoms with van der Waals surface area (Å²) >= 11 is 11.8. The summed E-state index contributed by atoms with van der Waals surface area (Å²) in [5.74, 6) is 0.589. The molecule has 1 heterocycles. The molecule has 0 bridgehead atoms. The minimum atomic E-state index is -3.28. The van der Waals surface area contributed by atoms with E-state index in [1.807, 2.05) is 36.4 Å². The zero-order valence-electron chi connectivity index (χ0n) is 14.8. The van der Waals surface area contributed by atoms with E-state index in [4.69, 9.17) is 28.2 Å². The van der Waals surface area contributed by atoms with Crippen molar-refractivity contribution in [3.8, 4) is 22.5 Å². The SMILES string of the molecule is CS(=O)(=O)c1ccc(-c2oc3ccccc3c(=S)c2-c2ccc(Cl)cc2)cc1. The number of hydrogen-bond donors (Lipinski definition) is 0. The third-order valence-electron chi connectivity index (χ3n) is 4.48. The highest BCUT2D eigenvalue weighted by Crippen LogP contribution is 2.38. The zero-order valence-corrected chi connectivity index (χ0v) is 17.2. The van der Waals surface area contributed by atoms with Crippen LogP contribution in [0.5, 0.6) is 0 Å². The number of fused-ring (bicyclic) bond motifs is 1. The van der Waals surface area contributed by atoms with Gasteiger partial charge in [0.2, 0.25) is 0 Å². The lowest BCUT2D eigenvalue weighted by molar-refractivity contribution is 0.601. The van der Waals surface area contributed by atoms with Crippen molar-refractivity contribution in [1.29, 1.82) is 0 Å². The first-order chi connectivity index (χ1) is 13.3. The highest BCUT2D eigenvalue weighted by Gasteiger charge is 2.16. The molecule has 3 aromatic carbocycles. The fraction of sp³-hybridized carbons (Fsp3) is 0.0455. The maximum atomic E-state index is 11.8. The van der Waals surface area contributed by atoms with E-state index in [9.17, 15) is 8.42 Å². The van der Waals surface area contributed by atoms with Crippen molar-refractivity contribution >= 4 is 44.6 Å². The lowest BCUT2D eigenvalue weighted by Gasteiger charge is -2.12. The van der Waals surface area contributed by atoms with Crippen molar-refractivity contribution in [3.63, 3.8) is 0 Å². The van der Waals surface area contributed by atoms with E-state index in [1.165, 1.54) is 6.26 Å². The lowest BCUT2D eigenvalue weighted by Crippen LogP contribution is -1.96. The van der Waals surface area contributed by atoms with Crippen molar-refractivity contribution < 1.29 is 12.8 Å². The Morgan fingerprint density at radius 2 is 1.46 bits per heavy atom. The molecule has 0 fully saturated rings. The second-order valence-corrected chi connectivity index (χ2v) is 9.30. The van der Waals surface area contributed by atoms with Crippen molar-refractivity contribution in [2.45, 2.75) is 4.90 Å². The third kappa shape index (κ3) is 3.49. The summed E-state index contributed by atoms with van der Waals surface area (Å²) in [4.78, 5) is 0.253. The predicted octanol–water partition coefficient (Wildman–Crippen LogP) is 6.55. The second kappa shape index (κ2) is 7.17. The first-order valence-electron chi connectivity index (χ1n) is 8.47. The standard InChI is InChI=1S/C22H15ClO3S2/c1-28(24,25)17-12-8-15(9-13-17)21-20(14-6-10-16(23)11-7-14)22(27)18-4-2-3-5-19(18)26-21/h2-13H,1H3. The van der Waals surface area contributed by atoms with Crippen molar-refractivity contribution in [2.24, 2.45) is 0 Å². The van der Waals surface area contributed by atoms with Gasteiger partial charge >= 0.3 is 0 Å². The van der Waals surface area contributed by atoms with Crippen LogP contribution in [0.15, 0.2) is 82.1 Å². The summed E-state index contributed by atoms with van der Waals surface area (Å²) < 4.78 is 30.4. The fourth-order valence-corrected chi connectivity index (χ4v) is 4.21. The van der Waals surface area contributed by atoms with Gasteiger partial charge in [-0.1, -0.05) is 48.1 Å². The largest absolute Gasteiger partial charge is 0.455 e. The highest BCUT2D eigenvalue weighted by atomic mass is 35.5. The molecule has 0 saturated carbocycles. The Hall–Kier alpha value is -2.47. The van der Waals surface area contributed by atoms with Gasteiger partial charge in [0.05, 0.1) is 9.41 Å². The minimum absolute atomic E-state index is 0.253. The van der Waals surface area contributed by atoms with Crippen molar-refractivity contribution in [3.05, 3.63) is 82.3 Å². The summed E-state index contributed by atoms with van der Waals surface area (Å²) in [5.41, 5.74) is 3.07. The molecular formula is C22H15ClO3S2. The molecule has 0 aliphatic rings. The fourth-order valence-electron chi connectivity index (χ4n) is 3.08. The molecule has 0 N–H and O–H groups in total.